The SMILES string of the molecule is CC(NC(=O)[C@@H](C)CO)C(=O)NC(Cc1c[nH]c2ccccc12)C(N)=O. The number of nitrogens with two attached hydrogens (primary N) is 1. The molecular weight excluding hydrogens is 336 g/mol. The average molecular weight is 360 g/mol. The molecule has 0 fully saturated rings. The van der Waals surface area contributed by atoms with Gasteiger partial charge in [0.05, 0.1) is 12.5 Å². The lowest BCUT2D eigenvalue weighted by Crippen LogP contribution is -2.53. The fraction of sp³-hybridized carbons (Fsp3) is 0.389. The number of aromatic amines is 1. The lowest BCUT2D eigenvalue weighted by atomic mass is 10.0. The summed E-state index contributed by atoms with van der Waals surface area (Å²) in [5.74, 6) is -2.25. The van der Waals surface area contributed by atoms with E-state index in [1.807, 2.05) is 24.3 Å². The second-order valence-corrected chi connectivity index (χ2v) is 6.34. The van der Waals surface area contributed by atoms with Gasteiger partial charge in [0.25, 0.3) is 0 Å². The maximum Gasteiger partial charge on any atom is 0.242 e. The Morgan fingerprint density at radius 1 is 1.15 bits per heavy atom. The number of fused-ring (bicyclic) bond motifs is 1. The van der Waals surface area contributed by atoms with Crippen LogP contribution in [0.4, 0.5) is 0 Å². The van der Waals surface area contributed by atoms with Gasteiger partial charge in [-0.05, 0) is 18.6 Å². The van der Waals surface area contributed by atoms with E-state index in [4.69, 9.17) is 10.8 Å². The number of rotatable bonds is 8. The van der Waals surface area contributed by atoms with Crippen molar-refractivity contribution in [3.05, 3.63) is 36.0 Å². The van der Waals surface area contributed by atoms with Gasteiger partial charge in [0.2, 0.25) is 17.7 Å². The highest BCUT2D eigenvalue weighted by Crippen LogP contribution is 2.19. The molecule has 0 saturated heterocycles. The van der Waals surface area contributed by atoms with Gasteiger partial charge >= 0.3 is 0 Å². The highest BCUT2D eigenvalue weighted by molar-refractivity contribution is 5.92. The minimum atomic E-state index is -0.906. The topological polar surface area (TPSA) is 137 Å². The zero-order chi connectivity index (χ0) is 19.3. The molecule has 3 amide bonds. The summed E-state index contributed by atoms with van der Waals surface area (Å²) in [6, 6.07) is 5.85. The van der Waals surface area contributed by atoms with E-state index in [9.17, 15) is 14.4 Å². The molecule has 8 heteroatoms. The molecule has 140 valence electrons. The standard InChI is InChI=1S/C18H24N4O4/c1-10(9-23)17(25)21-11(2)18(26)22-15(16(19)24)7-12-8-20-14-6-4-3-5-13(12)14/h3-6,8,10-11,15,20,23H,7,9H2,1-2H3,(H2,19,24)(H,21,25)(H,22,26)/t10-,11?,15?/m0/s1. The number of hydrogen-bond donors (Lipinski definition) is 5. The van der Waals surface area contributed by atoms with Gasteiger partial charge in [-0.15, -0.1) is 0 Å². The smallest absolute Gasteiger partial charge is 0.242 e. The Balaban J connectivity index is 2.04. The molecule has 1 aromatic heterocycles. The molecule has 0 aliphatic heterocycles. The largest absolute Gasteiger partial charge is 0.396 e. The van der Waals surface area contributed by atoms with Crippen LogP contribution in [-0.4, -0.2) is 46.5 Å². The van der Waals surface area contributed by atoms with Crippen LogP contribution < -0.4 is 16.4 Å². The number of nitrogens with one attached hydrogen (secondary N) is 3. The summed E-state index contributed by atoms with van der Waals surface area (Å²) in [5, 5.41) is 15.0. The number of aliphatic hydroxyl groups is 1. The van der Waals surface area contributed by atoms with E-state index < -0.39 is 35.7 Å². The van der Waals surface area contributed by atoms with E-state index in [0.717, 1.165) is 16.5 Å². The Bertz CT molecular complexity index is 801. The second-order valence-electron chi connectivity index (χ2n) is 6.34. The summed E-state index contributed by atoms with van der Waals surface area (Å²) in [6.45, 7) is 2.73. The zero-order valence-electron chi connectivity index (χ0n) is 14.8. The van der Waals surface area contributed by atoms with Crippen LogP contribution in [0.3, 0.4) is 0 Å². The van der Waals surface area contributed by atoms with Crippen LogP contribution in [0.2, 0.25) is 0 Å². The fourth-order valence-electron chi connectivity index (χ4n) is 2.54. The minimum absolute atomic E-state index is 0.235. The summed E-state index contributed by atoms with van der Waals surface area (Å²) in [4.78, 5) is 38.9. The summed E-state index contributed by atoms with van der Waals surface area (Å²) >= 11 is 0. The first-order chi connectivity index (χ1) is 12.3. The summed E-state index contributed by atoms with van der Waals surface area (Å²) in [5.41, 5.74) is 7.22. The molecule has 2 rings (SSSR count). The summed E-state index contributed by atoms with van der Waals surface area (Å²) < 4.78 is 0. The van der Waals surface area contributed by atoms with E-state index in [1.54, 1.807) is 13.1 Å². The number of primary amides is 1. The van der Waals surface area contributed by atoms with Crippen LogP contribution in [0.15, 0.2) is 30.5 Å². The van der Waals surface area contributed by atoms with Gasteiger partial charge in [-0.25, -0.2) is 0 Å². The van der Waals surface area contributed by atoms with Gasteiger partial charge in [0, 0.05) is 23.5 Å². The van der Waals surface area contributed by atoms with Crippen LogP contribution in [-0.2, 0) is 20.8 Å². The highest BCUT2D eigenvalue weighted by Gasteiger charge is 2.24. The van der Waals surface area contributed by atoms with Crippen molar-refractivity contribution in [1.29, 1.82) is 0 Å². The van der Waals surface area contributed by atoms with Gasteiger partial charge in [-0.1, -0.05) is 25.1 Å². The Hall–Kier alpha value is -2.87. The maximum absolute atomic E-state index is 12.3. The molecule has 0 radical (unpaired) electrons. The number of carbonyl (C=O) groups is 3. The molecule has 6 N–H and O–H groups in total. The van der Waals surface area contributed by atoms with Crippen molar-refractivity contribution < 1.29 is 19.5 Å². The van der Waals surface area contributed by atoms with Crippen molar-refractivity contribution in [1.82, 2.24) is 15.6 Å². The lowest BCUT2D eigenvalue weighted by molar-refractivity contribution is -0.132. The number of benzene rings is 1. The van der Waals surface area contributed by atoms with Gasteiger partial charge in [-0.2, -0.15) is 0 Å². The molecule has 0 aliphatic carbocycles. The second kappa shape index (κ2) is 8.48. The normalized spacial score (nSPS) is 14.4. The molecule has 0 spiro atoms. The van der Waals surface area contributed by atoms with E-state index >= 15 is 0 Å². The summed E-state index contributed by atoms with van der Waals surface area (Å²) in [7, 11) is 0. The quantitative estimate of drug-likeness (QED) is 0.446. The number of amides is 3. The van der Waals surface area contributed by atoms with Crippen LogP contribution in [0.1, 0.15) is 19.4 Å². The van der Waals surface area contributed by atoms with E-state index in [-0.39, 0.29) is 13.0 Å². The number of aromatic nitrogens is 1. The predicted molar refractivity (Wildman–Crippen MR) is 97.0 cm³/mol. The number of H-pyrrole nitrogens is 1. The molecule has 26 heavy (non-hydrogen) atoms. The van der Waals surface area contributed by atoms with Crippen molar-refractivity contribution in [2.75, 3.05) is 6.61 Å². The van der Waals surface area contributed by atoms with Gasteiger partial charge in [0.1, 0.15) is 12.1 Å². The Kier molecular flexibility index (Phi) is 6.35. The predicted octanol–water partition coefficient (Wildman–Crippen LogP) is -0.186. The molecule has 1 aromatic carbocycles. The molecule has 8 nitrogen and oxygen atoms in total. The van der Waals surface area contributed by atoms with Crippen molar-refractivity contribution in [2.45, 2.75) is 32.4 Å². The average Bonchev–Trinajstić information content (AvgIpc) is 3.03. The number of carbonyl (C=O) groups excluding carboxylic acids is 3. The Morgan fingerprint density at radius 2 is 1.85 bits per heavy atom. The number of hydrogen-bond acceptors (Lipinski definition) is 4. The molecule has 0 aliphatic rings. The highest BCUT2D eigenvalue weighted by atomic mass is 16.3. The molecule has 2 unspecified atom stereocenters. The Labute approximate surface area is 151 Å². The van der Waals surface area contributed by atoms with Crippen LogP contribution in [0.5, 0.6) is 0 Å². The molecule has 3 atom stereocenters. The first kappa shape index (κ1) is 19.5. The molecule has 1 heterocycles. The van der Waals surface area contributed by atoms with Crippen molar-refractivity contribution in [2.24, 2.45) is 11.7 Å². The third-order valence-electron chi connectivity index (χ3n) is 4.23. The third-order valence-corrected chi connectivity index (χ3v) is 4.23. The number of para-hydroxylation sites is 1. The molecular formula is C18H24N4O4. The van der Waals surface area contributed by atoms with Gasteiger partial charge in [-0.3, -0.25) is 14.4 Å². The van der Waals surface area contributed by atoms with Crippen molar-refractivity contribution in [3.63, 3.8) is 0 Å². The number of aliphatic hydroxyl groups excluding tert-OH is 1. The molecule has 2 aromatic rings. The van der Waals surface area contributed by atoms with Crippen LogP contribution in [0.25, 0.3) is 10.9 Å². The van der Waals surface area contributed by atoms with E-state index in [0.29, 0.717) is 0 Å². The molecule has 0 saturated carbocycles. The first-order valence-corrected chi connectivity index (χ1v) is 8.39. The Morgan fingerprint density at radius 3 is 2.50 bits per heavy atom. The monoisotopic (exact) mass is 360 g/mol. The van der Waals surface area contributed by atoms with Gasteiger partial charge in [0.15, 0.2) is 0 Å². The maximum atomic E-state index is 12.3. The minimum Gasteiger partial charge on any atom is -0.396 e. The van der Waals surface area contributed by atoms with Crippen LogP contribution in [0, 0.1) is 5.92 Å². The fourth-order valence-corrected chi connectivity index (χ4v) is 2.54. The summed E-state index contributed by atoms with van der Waals surface area (Å²) in [6.07, 6.45) is 2.01. The van der Waals surface area contributed by atoms with E-state index in [2.05, 4.69) is 15.6 Å². The van der Waals surface area contributed by atoms with Crippen molar-refractivity contribution >= 4 is 28.6 Å². The first-order valence-electron chi connectivity index (χ1n) is 8.39. The van der Waals surface area contributed by atoms with Gasteiger partial charge < -0.3 is 26.5 Å². The molecule has 0 bridgehead atoms. The zero-order valence-corrected chi connectivity index (χ0v) is 14.8. The lowest BCUT2D eigenvalue weighted by Gasteiger charge is -2.20. The third kappa shape index (κ3) is 4.60. The van der Waals surface area contributed by atoms with Crippen LogP contribution >= 0.6 is 0 Å². The van der Waals surface area contributed by atoms with Crippen molar-refractivity contribution in [3.8, 4) is 0 Å². The van der Waals surface area contributed by atoms with E-state index in [1.165, 1.54) is 6.92 Å².